The van der Waals surface area contributed by atoms with Crippen LogP contribution in [-0.2, 0) is 11.2 Å². The highest BCUT2D eigenvalue weighted by Gasteiger charge is 2.03. The maximum absolute atomic E-state index is 5.79. The zero-order valence-corrected chi connectivity index (χ0v) is 20.9. The van der Waals surface area contributed by atoms with Crippen molar-refractivity contribution in [3.63, 3.8) is 0 Å². The van der Waals surface area contributed by atoms with Crippen molar-refractivity contribution in [2.45, 2.75) is 90.9 Å². The quantitative estimate of drug-likeness (QED) is 0.160. The van der Waals surface area contributed by atoms with Gasteiger partial charge in [-0.1, -0.05) is 75.9 Å². The largest absolute Gasteiger partial charge is 0.490 e. The van der Waals surface area contributed by atoms with Crippen LogP contribution in [0.15, 0.2) is 48.8 Å². The van der Waals surface area contributed by atoms with E-state index in [4.69, 9.17) is 9.47 Å². The normalized spacial score (nSPS) is 11.3. The monoisotopic (exact) mass is 452 g/mol. The second-order valence-electron chi connectivity index (χ2n) is 8.67. The number of rotatable bonds is 19. The number of hydrogen-bond acceptors (Lipinski definition) is 4. The Morgan fingerprint density at radius 2 is 1.42 bits per heavy atom. The highest BCUT2D eigenvalue weighted by atomic mass is 16.5. The average Bonchev–Trinajstić information content (AvgIpc) is 2.85. The van der Waals surface area contributed by atoms with Gasteiger partial charge in [0.25, 0.3) is 0 Å². The van der Waals surface area contributed by atoms with E-state index >= 15 is 0 Å². The van der Waals surface area contributed by atoms with Gasteiger partial charge in [0.05, 0.1) is 19.0 Å². The van der Waals surface area contributed by atoms with Crippen LogP contribution in [-0.4, -0.2) is 29.8 Å². The summed E-state index contributed by atoms with van der Waals surface area (Å²) in [6.07, 6.45) is 22.5. The van der Waals surface area contributed by atoms with Gasteiger partial charge in [0.15, 0.2) is 11.6 Å². The number of unbranched alkanes of at least 4 members (excludes halogenated alkanes) is 7. The Morgan fingerprint density at radius 1 is 0.697 bits per heavy atom. The first-order valence-corrected chi connectivity index (χ1v) is 13.1. The molecule has 0 atom stereocenters. The molecule has 182 valence electrons. The van der Waals surface area contributed by atoms with E-state index in [1.165, 1.54) is 50.5 Å². The Bertz CT molecular complexity index is 741. The highest BCUT2D eigenvalue weighted by Crippen LogP contribution is 2.18. The summed E-state index contributed by atoms with van der Waals surface area (Å²) in [5.41, 5.74) is 2.41. The molecule has 0 bridgehead atoms. The van der Waals surface area contributed by atoms with Gasteiger partial charge in [-0.2, -0.15) is 0 Å². The molecular weight excluding hydrogens is 408 g/mol. The smallest absolute Gasteiger partial charge is 0.159 e. The van der Waals surface area contributed by atoms with Crippen molar-refractivity contribution in [3.05, 3.63) is 54.4 Å². The number of ether oxygens (including phenoxy) is 2. The molecule has 1 heterocycles. The van der Waals surface area contributed by atoms with Crippen molar-refractivity contribution >= 4 is 0 Å². The molecule has 2 aromatic rings. The van der Waals surface area contributed by atoms with Crippen molar-refractivity contribution in [3.8, 4) is 17.1 Å². The van der Waals surface area contributed by atoms with Crippen LogP contribution in [0, 0.1) is 0 Å². The van der Waals surface area contributed by atoms with Gasteiger partial charge in [-0.05, 0) is 56.9 Å². The van der Waals surface area contributed by atoms with Crippen LogP contribution in [0.2, 0.25) is 0 Å². The second kappa shape index (κ2) is 18.3. The van der Waals surface area contributed by atoms with Gasteiger partial charge >= 0.3 is 0 Å². The molecule has 0 aliphatic rings. The molecule has 0 fully saturated rings. The number of nitrogens with zero attached hydrogens (tertiary/aromatic N) is 2. The first-order chi connectivity index (χ1) is 16.3. The lowest BCUT2D eigenvalue weighted by Crippen LogP contribution is -1.98. The minimum Gasteiger partial charge on any atom is -0.490 e. The van der Waals surface area contributed by atoms with Crippen LogP contribution >= 0.6 is 0 Å². The van der Waals surface area contributed by atoms with Crippen LogP contribution < -0.4 is 4.74 Å². The Balaban J connectivity index is 1.61. The lowest BCUT2D eigenvalue weighted by Gasteiger charge is -2.07. The lowest BCUT2D eigenvalue weighted by atomic mass is 10.0. The first kappa shape index (κ1) is 27.0. The van der Waals surface area contributed by atoms with Gasteiger partial charge in [-0.15, -0.1) is 0 Å². The first-order valence-electron chi connectivity index (χ1n) is 13.1. The van der Waals surface area contributed by atoms with Gasteiger partial charge in [0.1, 0.15) is 0 Å². The molecule has 0 aliphatic carbocycles. The summed E-state index contributed by atoms with van der Waals surface area (Å²) >= 11 is 0. The van der Waals surface area contributed by atoms with Gasteiger partial charge < -0.3 is 9.47 Å². The Kier molecular flexibility index (Phi) is 15.0. The summed E-state index contributed by atoms with van der Waals surface area (Å²) in [5.74, 6) is 1.48. The highest BCUT2D eigenvalue weighted by molar-refractivity contribution is 5.55. The molecule has 1 aromatic heterocycles. The van der Waals surface area contributed by atoms with Crippen LogP contribution in [0.1, 0.15) is 90.0 Å². The molecule has 0 unspecified atom stereocenters. The van der Waals surface area contributed by atoms with Crippen molar-refractivity contribution < 1.29 is 9.47 Å². The predicted molar refractivity (Wildman–Crippen MR) is 139 cm³/mol. The third-order valence-electron chi connectivity index (χ3n) is 5.62. The third kappa shape index (κ3) is 12.6. The minimum atomic E-state index is 0.697. The molecule has 0 radical (unpaired) electrons. The SMILES string of the molecule is CCCCCC/C=C/CCCOc1cnc(-c2ccc(CCCCCOCCC)cc2)nc1. The lowest BCUT2D eigenvalue weighted by molar-refractivity contribution is 0.130. The summed E-state index contributed by atoms with van der Waals surface area (Å²) in [6.45, 7) is 6.87. The number of aromatic nitrogens is 2. The zero-order chi connectivity index (χ0) is 23.4. The molecule has 4 nitrogen and oxygen atoms in total. The van der Waals surface area contributed by atoms with E-state index in [1.54, 1.807) is 12.4 Å². The number of allylic oxidation sites excluding steroid dienone is 2. The Morgan fingerprint density at radius 3 is 2.15 bits per heavy atom. The molecular formula is C29H44N2O2. The van der Waals surface area contributed by atoms with Crippen LogP contribution in [0.4, 0.5) is 0 Å². The van der Waals surface area contributed by atoms with E-state index in [2.05, 4.69) is 60.2 Å². The Labute approximate surface area is 201 Å². The van der Waals surface area contributed by atoms with E-state index < -0.39 is 0 Å². The number of hydrogen-bond donors (Lipinski definition) is 0. The third-order valence-corrected chi connectivity index (χ3v) is 5.62. The van der Waals surface area contributed by atoms with Gasteiger partial charge in [-0.25, -0.2) is 9.97 Å². The summed E-state index contributed by atoms with van der Waals surface area (Å²) in [4.78, 5) is 8.98. The van der Waals surface area contributed by atoms with Crippen LogP contribution in [0.25, 0.3) is 11.4 Å². The van der Waals surface area contributed by atoms with Crippen molar-refractivity contribution in [1.82, 2.24) is 9.97 Å². The molecule has 33 heavy (non-hydrogen) atoms. The maximum atomic E-state index is 5.79. The van der Waals surface area contributed by atoms with Crippen LogP contribution in [0.5, 0.6) is 5.75 Å². The van der Waals surface area contributed by atoms with Gasteiger partial charge in [-0.3, -0.25) is 0 Å². The van der Waals surface area contributed by atoms with Crippen molar-refractivity contribution in [1.29, 1.82) is 0 Å². The number of aryl methyl sites for hydroxylation is 1. The number of benzene rings is 1. The molecule has 0 aliphatic heterocycles. The van der Waals surface area contributed by atoms with E-state index in [-0.39, 0.29) is 0 Å². The average molecular weight is 453 g/mol. The van der Waals surface area contributed by atoms with Crippen molar-refractivity contribution in [2.75, 3.05) is 19.8 Å². The molecule has 0 saturated carbocycles. The zero-order valence-electron chi connectivity index (χ0n) is 20.9. The fourth-order valence-corrected chi connectivity index (χ4v) is 3.63. The Hall–Kier alpha value is -2.20. The molecule has 4 heteroatoms. The minimum absolute atomic E-state index is 0.697. The summed E-state index contributed by atoms with van der Waals surface area (Å²) in [7, 11) is 0. The summed E-state index contributed by atoms with van der Waals surface area (Å²) in [6, 6.07) is 8.61. The fraction of sp³-hybridized carbons (Fsp3) is 0.586. The fourth-order valence-electron chi connectivity index (χ4n) is 3.63. The van der Waals surface area contributed by atoms with E-state index in [0.717, 1.165) is 62.5 Å². The topological polar surface area (TPSA) is 44.2 Å². The van der Waals surface area contributed by atoms with E-state index in [1.807, 2.05) is 0 Å². The molecule has 1 aromatic carbocycles. The molecule has 0 spiro atoms. The molecule has 2 rings (SSSR count). The van der Waals surface area contributed by atoms with E-state index in [0.29, 0.717) is 6.61 Å². The van der Waals surface area contributed by atoms with E-state index in [9.17, 15) is 0 Å². The standard InChI is InChI=1S/C29H44N2O2/c1-3-5-6-7-8-9-10-11-15-23-33-28-24-30-29(31-25-28)27-19-17-26(18-20-27)16-13-12-14-22-32-21-4-2/h9-10,17-20,24-25H,3-8,11-16,21-23H2,1-2H3/b10-9+. The summed E-state index contributed by atoms with van der Waals surface area (Å²) in [5, 5.41) is 0. The van der Waals surface area contributed by atoms with Crippen molar-refractivity contribution in [2.24, 2.45) is 0 Å². The molecule has 0 amide bonds. The maximum Gasteiger partial charge on any atom is 0.159 e. The van der Waals surface area contributed by atoms with Gasteiger partial charge in [0.2, 0.25) is 0 Å². The van der Waals surface area contributed by atoms with Crippen LogP contribution in [0.3, 0.4) is 0 Å². The summed E-state index contributed by atoms with van der Waals surface area (Å²) < 4.78 is 11.3. The second-order valence-corrected chi connectivity index (χ2v) is 8.67. The predicted octanol–water partition coefficient (Wildman–Crippen LogP) is 7.97. The molecule has 0 saturated heterocycles. The molecule has 0 N–H and O–H groups in total. The van der Waals surface area contributed by atoms with Gasteiger partial charge in [0, 0.05) is 18.8 Å².